The molecule has 0 saturated carbocycles. The molecule has 0 aromatic rings. The molecule has 1 fully saturated rings. The lowest BCUT2D eigenvalue weighted by Gasteiger charge is -1.74. The van der Waals surface area contributed by atoms with Crippen molar-refractivity contribution in [3.63, 3.8) is 0 Å². The Hall–Kier alpha value is 0.250. The van der Waals surface area contributed by atoms with E-state index in [1.165, 1.54) is 3.88 Å². The van der Waals surface area contributed by atoms with Crippen molar-refractivity contribution in [3.8, 4) is 0 Å². The number of rotatable bonds is 0. The molecule has 1 unspecified atom stereocenters. The van der Waals surface area contributed by atoms with Gasteiger partial charge >= 0.3 is 12.4 Å². The van der Waals surface area contributed by atoms with Gasteiger partial charge in [-0.1, -0.05) is 0 Å². The summed E-state index contributed by atoms with van der Waals surface area (Å²) in [5.74, 6) is 0. The predicted molar refractivity (Wildman–Crippen MR) is 26.8 cm³/mol. The first-order valence-corrected chi connectivity index (χ1v) is 3.25. The van der Waals surface area contributed by atoms with Crippen molar-refractivity contribution >= 4 is 21.2 Å². The average molecular weight is 122 g/mol. The van der Waals surface area contributed by atoms with Gasteiger partial charge < -0.3 is 0 Å². The molecule has 1 atom stereocenters. The highest BCUT2D eigenvalue weighted by Crippen LogP contribution is 2.16. The highest BCUT2D eigenvalue weighted by atomic mass is 32.1. The molecule has 0 N–H and O–H groups in total. The molecule has 4 heteroatoms. The van der Waals surface area contributed by atoms with Crippen molar-refractivity contribution in [2.24, 2.45) is 0 Å². The van der Waals surface area contributed by atoms with Crippen LogP contribution in [0.5, 0.6) is 0 Å². The summed E-state index contributed by atoms with van der Waals surface area (Å²) in [7, 11) is 0.708. The van der Waals surface area contributed by atoms with E-state index in [4.69, 9.17) is 4.84 Å². The zero-order valence-electron chi connectivity index (χ0n) is 3.18. The third-order valence-corrected chi connectivity index (χ3v) is 1.86. The molecule has 1 aliphatic heterocycles. The van der Waals surface area contributed by atoms with Gasteiger partial charge in [0.25, 0.3) is 0 Å². The first-order valence-electron chi connectivity index (χ1n) is 1.73. The maximum absolute atomic E-state index is 4.81. The van der Waals surface area contributed by atoms with Crippen LogP contribution in [0.15, 0.2) is 0 Å². The van der Waals surface area contributed by atoms with Crippen LogP contribution >= 0.6 is 8.73 Å². The van der Waals surface area contributed by atoms with Crippen molar-refractivity contribution < 1.29 is 8.72 Å². The molecular formula is C2H5NOPS+. The molecule has 0 aromatic heterocycles. The van der Waals surface area contributed by atoms with E-state index in [1.54, 1.807) is 0 Å². The fraction of sp³-hybridized carbons (Fsp3) is 1.00. The van der Waals surface area contributed by atoms with Crippen LogP contribution in [0, 0.1) is 0 Å². The minimum absolute atomic E-state index is 0.708. The SMILES string of the molecule is S=[N+]1OCCP1. The van der Waals surface area contributed by atoms with Crippen LogP contribution in [0.1, 0.15) is 0 Å². The Morgan fingerprint density at radius 3 is 2.83 bits per heavy atom. The molecule has 2 nitrogen and oxygen atoms in total. The summed E-state index contributed by atoms with van der Waals surface area (Å²) in [6, 6.07) is 0. The average Bonchev–Trinajstić information content (AvgIpc) is 1.86. The van der Waals surface area contributed by atoms with Crippen LogP contribution in [0.2, 0.25) is 0 Å². The normalized spacial score (nSPS) is 25.0. The Balaban J connectivity index is 2.37. The van der Waals surface area contributed by atoms with E-state index < -0.39 is 0 Å². The Kier molecular flexibility index (Phi) is 1.33. The fourth-order valence-corrected chi connectivity index (χ4v) is 1.21. The monoisotopic (exact) mass is 122 g/mol. The highest BCUT2D eigenvalue weighted by molar-refractivity contribution is 7.49. The molecule has 0 bridgehead atoms. The first kappa shape index (κ1) is 4.41. The molecule has 1 aliphatic rings. The van der Waals surface area contributed by atoms with Crippen molar-refractivity contribution in [3.05, 3.63) is 0 Å². The van der Waals surface area contributed by atoms with E-state index in [0.29, 0.717) is 8.73 Å². The zero-order chi connectivity index (χ0) is 4.41. The predicted octanol–water partition coefficient (Wildman–Crippen LogP) is 0.268. The van der Waals surface area contributed by atoms with Gasteiger partial charge in [-0.2, -0.15) is 0 Å². The third kappa shape index (κ3) is 0.854. The second-order valence-electron chi connectivity index (χ2n) is 0.998. The minimum atomic E-state index is 0.708. The lowest BCUT2D eigenvalue weighted by molar-refractivity contribution is -0.637. The maximum atomic E-state index is 4.81. The zero-order valence-corrected chi connectivity index (χ0v) is 4.99. The van der Waals surface area contributed by atoms with Crippen LogP contribution in [0.3, 0.4) is 0 Å². The van der Waals surface area contributed by atoms with E-state index in [0.717, 1.165) is 12.8 Å². The number of hydrogen-bond acceptors (Lipinski definition) is 2. The molecule has 0 radical (unpaired) electrons. The van der Waals surface area contributed by atoms with E-state index >= 15 is 0 Å². The Morgan fingerprint density at radius 2 is 2.67 bits per heavy atom. The maximum Gasteiger partial charge on any atom is 0.321 e. The molecule has 34 valence electrons. The topological polar surface area (TPSA) is 12.2 Å². The summed E-state index contributed by atoms with van der Waals surface area (Å²) >= 11 is 4.63. The molecule has 0 aliphatic carbocycles. The molecule has 6 heavy (non-hydrogen) atoms. The second-order valence-corrected chi connectivity index (χ2v) is 2.88. The van der Waals surface area contributed by atoms with Crippen LogP contribution in [0.25, 0.3) is 0 Å². The van der Waals surface area contributed by atoms with Gasteiger partial charge in [0.1, 0.15) is 0 Å². The Bertz CT molecular complexity index is 67.9. The van der Waals surface area contributed by atoms with Gasteiger partial charge in [0.05, 0.1) is 10.0 Å². The van der Waals surface area contributed by atoms with Gasteiger partial charge in [-0.05, 0) is 0 Å². The largest absolute Gasteiger partial charge is 0.321 e. The van der Waals surface area contributed by atoms with Crippen molar-refractivity contribution in [1.29, 1.82) is 0 Å². The van der Waals surface area contributed by atoms with Gasteiger partial charge in [-0.15, -0.1) is 0 Å². The Labute approximate surface area is 43.4 Å². The second kappa shape index (κ2) is 1.80. The van der Waals surface area contributed by atoms with Crippen LogP contribution < -0.4 is 0 Å². The standard InChI is InChI=1S/C2H5NOPS/c6-3-4-1-2-5-3/h5H,1-2H2/q+1. The summed E-state index contributed by atoms with van der Waals surface area (Å²) in [6.45, 7) is 0.821. The first-order chi connectivity index (χ1) is 2.89. The smallest absolute Gasteiger partial charge is 0.261 e. The molecule has 0 spiro atoms. The van der Waals surface area contributed by atoms with Gasteiger partial charge in [0.2, 0.25) is 8.73 Å². The van der Waals surface area contributed by atoms with Crippen molar-refractivity contribution in [1.82, 2.24) is 0 Å². The summed E-state index contributed by atoms with van der Waals surface area (Å²) in [5.41, 5.74) is 0. The lowest BCUT2D eigenvalue weighted by Crippen LogP contribution is -1.86. The minimum Gasteiger partial charge on any atom is -0.261 e. The van der Waals surface area contributed by atoms with Crippen molar-refractivity contribution in [2.75, 3.05) is 12.8 Å². The summed E-state index contributed by atoms with van der Waals surface area (Å²) in [4.78, 5) is 4.81. The number of hydrogen-bond donors (Lipinski definition) is 0. The van der Waals surface area contributed by atoms with E-state index in [-0.39, 0.29) is 0 Å². The van der Waals surface area contributed by atoms with Gasteiger partial charge in [-0.25, -0.2) is 0 Å². The van der Waals surface area contributed by atoms with Gasteiger partial charge in [0, 0.05) is 0 Å². The van der Waals surface area contributed by atoms with Gasteiger partial charge in [0.15, 0.2) is 6.61 Å². The fourth-order valence-electron chi connectivity index (χ4n) is 0.311. The van der Waals surface area contributed by atoms with Crippen LogP contribution in [-0.4, -0.2) is 16.6 Å². The van der Waals surface area contributed by atoms with E-state index in [1.807, 2.05) is 0 Å². The molecule has 0 aromatic carbocycles. The quantitative estimate of drug-likeness (QED) is 0.427. The number of nitrogens with zero attached hydrogens (tertiary/aromatic N) is 1. The molecule has 1 heterocycles. The van der Waals surface area contributed by atoms with Gasteiger partial charge in [-0.3, -0.25) is 4.84 Å². The lowest BCUT2D eigenvalue weighted by atomic mass is 10.9. The molecule has 1 saturated heterocycles. The summed E-state index contributed by atoms with van der Waals surface area (Å²) < 4.78 is 1.47. The van der Waals surface area contributed by atoms with E-state index in [9.17, 15) is 0 Å². The molecular weight excluding hydrogens is 117 g/mol. The highest BCUT2D eigenvalue weighted by Gasteiger charge is 2.13. The molecule has 1 rings (SSSR count). The van der Waals surface area contributed by atoms with E-state index in [2.05, 4.69) is 12.4 Å². The van der Waals surface area contributed by atoms with Crippen molar-refractivity contribution in [2.45, 2.75) is 0 Å². The molecule has 0 amide bonds. The summed E-state index contributed by atoms with van der Waals surface area (Å²) in [6.07, 6.45) is 1.11. The van der Waals surface area contributed by atoms with Crippen LogP contribution in [0.4, 0.5) is 0 Å². The Morgan fingerprint density at radius 1 is 1.83 bits per heavy atom. The summed E-state index contributed by atoms with van der Waals surface area (Å²) in [5, 5.41) is 0. The van der Waals surface area contributed by atoms with Crippen LogP contribution in [-0.2, 0) is 17.3 Å². The third-order valence-electron chi connectivity index (χ3n) is 0.552.